The Kier molecular flexibility index (Phi) is 4.21. The highest BCUT2D eigenvalue weighted by Crippen LogP contribution is 2.57. The molecule has 0 aliphatic carbocycles. The third kappa shape index (κ3) is 3.40. The molecule has 1 rings (SSSR count). The van der Waals surface area contributed by atoms with E-state index < -0.39 is 7.37 Å². The number of hydrogen-bond acceptors (Lipinski definition) is 2. The van der Waals surface area contributed by atoms with Gasteiger partial charge in [-0.05, 0) is 24.2 Å². The summed E-state index contributed by atoms with van der Waals surface area (Å²) in [5.41, 5.74) is 0. The lowest BCUT2D eigenvalue weighted by atomic mass is 10.0. The van der Waals surface area contributed by atoms with Crippen molar-refractivity contribution in [1.82, 2.24) is 0 Å². The van der Waals surface area contributed by atoms with Gasteiger partial charge in [0.2, 0.25) is 7.37 Å². The van der Waals surface area contributed by atoms with E-state index in [0.29, 0.717) is 24.4 Å². The minimum atomic E-state index is -2.24. The average Bonchev–Trinajstić information content (AvgIpc) is 2.25. The van der Waals surface area contributed by atoms with Crippen molar-refractivity contribution >= 4 is 7.37 Å². The van der Waals surface area contributed by atoms with Gasteiger partial charge < -0.3 is 4.52 Å². The standard InChI is InChI=1S/C11H23O2P/c1-9(2)5-6-13-14(12)7-10(3)11(4)8-14/h9-11H,5-8H2,1-4H3/t10-,11-/m1/s1. The summed E-state index contributed by atoms with van der Waals surface area (Å²) in [6.45, 7) is 9.36. The molecule has 3 heteroatoms. The van der Waals surface area contributed by atoms with Gasteiger partial charge in [0.1, 0.15) is 0 Å². The highest BCUT2D eigenvalue weighted by Gasteiger charge is 2.37. The predicted octanol–water partition coefficient (Wildman–Crippen LogP) is 3.61. The van der Waals surface area contributed by atoms with E-state index in [1.165, 1.54) is 0 Å². The zero-order valence-corrected chi connectivity index (χ0v) is 10.7. The minimum absolute atomic E-state index is 0.569. The molecule has 1 heterocycles. The number of rotatable bonds is 4. The molecule has 1 saturated heterocycles. The normalized spacial score (nSPS) is 31.2. The van der Waals surface area contributed by atoms with Gasteiger partial charge in [-0.25, -0.2) is 0 Å². The fourth-order valence-electron chi connectivity index (χ4n) is 1.87. The van der Waals surface area contributed by atoms with Crippen LogP contribution in [0.5, 0.6) is 0 Å². The molecule has 0 aromatic carbocycles. The molecule has 0 unspecified atom stereocenters. The van der Waals surface area contributed by atoms with E-state index in [4.69, 9.17) is 4.52 Å². The van der Waals surface area contributed by atoms with Crippen LogP contribution >= 0.6 is 7.37 Å². The molecular formula is C11H23O2P. The van der Waals surface area contributed by atoms with Gasteiger partial charge in [0.15, 0.2) is 0 Å². The molecular weight excluding hydrogens is 195 g/mol. The molecule has 14 heavy (non-hydrogen) atoms. The van der Waals surface area contributed by atoms with E-state index in [0.717, 1.165) is 18.7 Å². The third-order valence-corrected chi connectivity index (χ3v) is 6.04. The van der Waals surface area contributed by atoms with Gasteiger partial charge in [-0.3, -0.25) is 4.57 Å². The fourth-order valence-corrected chi connectivity index (χ4v) is 5.15. The molecule has 0 radical (unpaired) electrons. The van der Waals surface area contributed by atoms with Crippen LogP contribution in [0.4, 0.5) is 0 Å². The Hall–Kier alpha value is 0.190. The lowest BCUT2D eigenvalue weighted by Crippen LogP contribution is -2.01. The van der Waals surface area contributed by atoms with Crippen LogP contribution in [0.25, 0.3) is 0 Å². The molecule has 1 fully saturated rings. The quantitative estimate of drug-likeness (QED) is 0.674. The van der Waals surface area contributed by atoms with E-state index in [1.807, 2.05) is 0 Å². The zero-order chi connectivity index (χ0) is 10.8. The average molecular weight is 218 g/mol. The van der Waals surface area contributed by atoms with Crippen LogP contribution in [-0.4, -0.2) is 18.9 Å². The van der Waals surface area contributed by atoms with E-state index >= 15 is 0 Å². The first kappa shape index (κ1) is 12.3. The molecule has 0 bridgehead atoms. The topological polar surface area (TPSA) is 26.3 Å². The lowest BCUT2D eigenvalue weighted by Gasteiger charge is -2.13. The van der Waals surface area contributed by atoms with E-state index in [2.05, 4.69) is 27.7 Å². The second kappa shape index (κ2) is 4.81. The largest absolute Gasteiger partial charge is 0.328 e. The first-order valence-corrected chi connectivity index (χ1v) is 7.65. The Morgan fingerprint density at radius 1 is 1.29 bits per heavy atom. The Labute approximate surface area is 87.9 Å². The van der Waals surface area contributed by atoms with Gasteiger partial charge in [-0.1, -0.05) is 27.7 Å². The maximum absolute atomic E-state index is 12.2. The monoisotopic (exact) mass is 218 g/mol. The molecule has 84 valence electrons. The first-order chi connectivity index (χ1) is 6.43. The summed E-state index contributed by atoms with van der Waals surface area (Å²) in [6.07, 6.45) is 2.62. The summed E-state index contributed by atoms with van der Waals surface area (Å²) in [7, 11) is -2.24. The molecule has 2 nitrogen and oxygen atoms in total. The van der Waals surface area contributed by atoms with Gasteiger partial charge in [0.25, 0.3) is 0 Å². The summed E-state index contributed by atoms with van der Waals surface area (Å²) in [6, 6.07) is 0. The highest BCUT2D eigenvalue weighted by molar-refractivity contribution is 7.59. The Morgan fingerprint density at radius 3 is 2.21 bits per heavy atom. The van der Waals surface area contributed by atoms with Crippen molar-refractivity contribution in [3.63, 3.8) is 0 Å². The Morgan fingerprint density at radius 2 is 1.79 bits per heavy atom. The van der Waals surface area contributed by atoms with Crippen molar-refractivity contribution in [2.75, 3.05) is 18.9 Å². The van der Waals surface area contributed by atoms with Crippen LogP contribution in [0, 0.1) is 17.8 Å². The maximum atomic E-state index is 12.2. The van der Waals surface area contributed by atoms with Gasteiger partial charge in [0.05, 0.1) is 6.61 Å². The van der Waals surface area contributed by atoms with Crippen molar-refractivity contribution in [1.29, 1.82) is 0 Å². The third-order valence-electron chi connectivity index (χ3n) is 3.13. The Bertz CT molecular complexity index is 211. The molecule has 0 amide bonds. The van der Waals surface area contributed by atoms with Gasteiger partial charge in [-0.15, -0.1) is 0 Å². The molecule has 1 aliphatic heterocycles. The lowest BCUT2D eigenvalue weighted by molar-refractivity contribution is 0.290. The molecule has 0 aromatic heterocycles. The highest BCUT2D eigenvalue weighted by atomic mass is 31.2. The van der Waals surface area contributed by atoms with Gasteiger partial charge >= 0.3 is 0 Å². The summed E-state index contributed by atoms with van der Waals surface area (Å²) >= 11 is 0. The van der Waals surface area contributed by atoms with Crippen molar-refractivity contribution in [2.24, 2.45) is 17.8 Å². The molecule has 0 aromatic rings. The number of hydrogen-bond donors (Lipinski definition) is 0. The summed E-state index contributed by atoms with van der Waals surface area (Å²) < 4.78 is 17.8. The maximum Gasteiger partial charge on any atom is 0.203 e. The Balaban J connectivity index is 2.34. The second-order valence-corrected chi connectivity index (χ2v) is 7.77. The molecule has 2 atom stereocenters. The van der Waals surface area contributed by atoms with Crippen LogP contribution in [-0.2, 0) is 9.09 Å². The summed E-state index contributed by atoms with van der Waals surface area (Å²) in [4.78, 5) is 0. The van der Waals surface area contributed by atoms with Crippen LogP contribution < -0.4 is 0 Å². The molecule has 1 aliphatic rings. The smallest absolute Gasteiger partial charge is 0.203 e. The predicted molar refractivity (Wildman–Crippen MR) is 61.1 cm³/mol. The van der Waals surface area contributed by atoms with E-state index in [1.54, 1.807) is 0 Å². The fraction of sp³-hybridized carbons (Fsp3) is 1.00. The van der Waals surface area contributed by atoms with Crippen LogP contribution in [0.2, 0.25) is 0 Å². The van der Waals surface area contributed by atoms with Crippen molar-refractivity contribution in [3.8, 4) is 0 Å². The van der Waals surface area contributed by atoms with Gasteiger partial charge in [0, 0.05) is 12.3 Å². The first-order valence-electron chi connectivity index (χ1n) is 5.65. The van der Waals surface area contributed by atoms with Gasteiger partial charge in [-0.2, -0.15) is 0 Å². The molecule has 0 spiro atoms. The van der Waals surface area contributed by atoms with E-state index in [-0.39, 0.29) is 0 Å². The summed E-state index contributed by atoms with van der Waals surface area (Å²) in [5.74, 6) is 1.78. The van der Waals surface area contributed by atoms with Crippen LogP contribution in [0.15, 0.2) is 0 Å². The molecule has 0 N–H and O–H groups in total. The second-order valence-electron chi connectivity index (χ2n) is 5.15. The van der Waals surface area contributed by atoms with Crippen LogP contribution in [0.3, 0.4) is 0 Å². The molecule has 0 saturated carbocycles. The van der Waals surface area contributed by atoms with Crippen LogP contribution in [0.1, 0.15) is 34.1 Å². The minimum Gasteiger partial charge on any atom is -0.328 e. The van der Waals surface area contributed by atoms with Crippen molar-refractivity contribution in [3.05, 3.63) is 0 Å². The van der Waals surface area contributed by atoms with Crippen molar-refractivity contribution < 1.29 is 9.09 Å². The summed E-state index contributed by atoms with van der Waals surface area (Å²) in [5, 5.41) is 0. The zero-order valence-electron chi connectivity index (χ0n) is 9.82. The van der Waals surface area contributed by atoms with Crippen molar-refractivity contribution in [2.45, 2.75) is 34.1 Å². The van der Waals surface area contributed by atoms with E-state index in [9.17, 15) is 4.57 Å². The SMILES string of the molecule is CC(C)CCOP1(=O)C[C@@H](C)[C@H](C)C1.